The van der Waals surface area contributed by atoms with Gasteiger partial charge in [0.1, 0.15) is 6.54 Å². The normalized spacial score (nSPS) is 10.6. The number of hydrogen-bond donors (Lipinski definition) is 1. The third-order valence-corrected chi connectivity index (χ3v) is 4.14. The molecule has 0 unspecified atom stereocenters. The third-order valence-electron chi connectivity index (χ3n) is 3.83. The van der Waals surface area contributed by atoms with Crippen LogP contribution in [0.2, 0.25) is 5.02 Å². The molecule has 1 N–H and O–H groups in total. The number of nitrogens with one attached hydrogen (secondary N) is 1. The van der Waals surface area contributed by atoms with Crippen molar-refractivity contribution in [2.75, 3.05) is 5.32 Å². The molecule has 1 heterocycles. The summed E-state index contributed by atoms with van der Waals surface area (Å²) >= 11 is 6.07. The Balaban J connectivity index is 1.76. The molecule has 3 rings (SSSR count). The standard InChI is InChI=1S/C18H16ClN5O3/c1-2-17(26)20-13-9-7-12(8-10-13)16(25)11-23-18(27)24(22-21-23)15-6-4-3-5-14(15)19/h3-10H,2,11H2,1H3,(H,20,26). The van der Waals surface area contributed by atoms with Crippen LogP contribution < -0.4 is 11.0 Å². The first-order valence-corrected chi connectivity index (χ1v) is 8.58. The highest BCUT2D eigenvalue weighted by atomic mass is 35.5. The topological polar surface area (TPSA) is 98.9 Å². The minimum atomic E-state index is -0.566. The zero-order valence-electron chi connectivity index (χ0n) is 14.4. The number of halogens is 1. The monoisotopic (exact) mass is 385 g/mol. The molecule has 1 aromatic heterocycles. The third kappa shape index (κ3) is 4.12. The number of carbonyl (C=O) groups excluding carboxylic acids is 2. The summed E-state index contributed by atoms with van der Waals surface area (Å²) in [5, 5.41) is 10.6. The molecule has 3 aromatic rings. The van der Waals surface area contributed by atoms with Crippen molar-refractivity contribution in [1.29, 1.82) is 0 Å². The Morgan fingerprint density at radius 1 is 1.07 bits per heavy atom. The van der Waals surface area contributed by atoms with E-state index in [1.165, 1.54) is 0 Å². The summed E-state index contributed by atoms with van der Waals surface area (Å²) < 4.78 is 2.01. The van der Waals surface area contributed by atoms with Crippen LogP contribution in [-0.4, -0.2) is 31.5 Å². The number of tetrazole rings is 1. The van der Waals surface area contributed by atoms with Crippen molar-refractivity contribution in [3.8, 4) is 5.69 Å². The fourth-order valence-electron chi connectivity index (χ4n) is 2.36. The van der Waals surface area contributed by atoms with E-state index in [4.69, 9.17) is 11.6 Å². The molecule has 1 amide bonds. The molecule has 0 saturated carbocycles. The van der Waals surface area contributed by atoms with Gasteiger partial charge in [0.25, 0.3) is 0 Å². The molecule has 0 bridgehead atoms. The van der Waals surface area contributed by atoms with Gasteiger partial charge in [0.15, 0.2) is 5.78 Å². The number of para-hydroxylation sites is 1. The molecule has 0 aliphatic heterocycles. The van der Waals surface area contributed by atoms with Crippen molar-refractivity contribution >= 4 is 29.0 Å². The fraction of sp³-hybridized carbons (Fsp3) is 0.167. The molecular weight excluding hydrogens is 370 g/mol. The zero-order valence-corrected chi connectivity index (χ0v) is 15.2. The number of Topliss-reactive ketones (excluding diaryl/α,β-unsaturated/α-hetero) is 1. The lowest BCUT2D eigenvalue weighted by molar-refractivity contribution is -0.115. The van der Waals surface area contributed by atoms with E-state index < -0.39 is 5.69 Å². The van der Waals surface area contributed by atoms with Crippen LogP contribution in [0.25, 0.3) is 5.69 Å². The van der Waals surface area contributed by atoms with Crippen LogP contribution in [0.4, 0.5) is 5.69 Å². The van der Waals surface area contributed by atoms with Crippen LogP contribution in [-0.2, 0) is 11.3 Å². The first-order chi connectivity index (χ1) is 13.0. The molecule has 0 saturated heterocycles. The van der Waals surface area contributed by atoms with Crippen LogP contribution in [0, 0.1) is 0 Å². The molecule has 27 heavy (non-hydrogen) atoms. The summed E-state index contributed by atoms with van der Waals surface area (Å²) in [4.78, 5) is 36.2. The van der Waals surface area contributed by atoms with Crippen LogP contribution in [0.3, 0.4) is 0 Å². The van der Waals surface area contributed by atoms with Crippen molar-refractivity contribution in [1.82, 2.24) is 19.8 Å². The number of hydrogen-bond acceptors (Lipinski definition) is 5. The van der Waals surface area contributed by atoms with Gasteiger partial charge in [0.05, 0.1) is 10.7 Å². The highest BCUT2D eigenvalue weighted by Gasteiger charge is 2.15. The summed E-state index contributed by atoms with van der Waals surface area (Å²) in [6.45, 7) is 1.49. The summed E-state index contributed by atoms with van der Waals surface area (Å²) in [6, 6.07) is 13.1. The van der Waals surface area contributed by atoms with E-state index in [1.807, 2.05) is 0 Å². The maximum atomic E-state index is 12.4. The van der Waals surface area contributed by atoms with Crippen molar-refractivity contribution in [3.63, 3.8) is 0 Å². The number of amides is 1. The van der Waals surface area contributed by atoms with E-state index in [1.54, 1.807) is 55.5 Å². The maximum absolute atomic E-state index is 12.4. The zero-order chi connectivity index (χ0) is 19.4. The predicted octanol–water partition coefficient (Wildman–Crippen LogP) is 2.31. The molecular formula is C18H16ClN5O3. The molecule has 0 atom stereocenters. The van der Waals surface area contributed by atoms with E-state index in [-0.39, 0.29) is 18.2 Å². The lowest BCUT2D eigenvalue weighted by Gasteiger charge is -2.05. The minimum Gasteiger partial charge on any atom is -0.326 e. The van der Waals surface area contributed by atoms with E-state index >= 15 is 0 Å². The van der Waals surface area contributed by atoms with Crippen molar-refractivity contribution in [2.45, 2.75) is 19.9 Å². The SMILES string of the molecule is CCC(=O)Nc1ccc(C(=O)Cn2nnn(-c3ccccc3Cl)c2=O)cc1. The van der Waals surface area contributed by atoms with Gasteiger partial charge >= 0.3 is 5.69 Å². The quantitative estimate of drug-likeness (QED) is 0.656. The molecule has 9 heteroatoms. The number of anilines is 1. The van der Waals surface area contributed by atoms with Gasteiger partial charge in [0, 0.05) is 17.7 Å². The predicted molar refractivity (Wildman–Crippen MR) is 100 cm³/mol. The van der Waals surface area contributed by atoms with Gasteiger partial charge < -0.3 is 5.32 Å². The van der Waals surface area contributed by atoms with Crippen molar-refractivity contribution in [2.24, 2.45) is 0 Å². The summed E-state index contributed by atoms with van der Waals surface area (Å²) in [7, 11) is 0. The number of rotatable bonds is 6. The number of aromatic nitrogens is 4. The number of ketones is 1. The largest absolute Gasteiger partial charge is 0.368 e. The van der Waals surface area contributed by atoms with Gasteiger partial charge in [-0.2, -0.15) is 9.36 Å². The Labute approximate surface area is 159 Å². The van der Waals surface area contributed by atoms with E-state index in [2.05, 4.69) is 15.7 Å². The van der Waals surface area contributed by atoms with Crippen LogP contribution in [0.5, 0.6) is 0 Å². The molecule has 0 fully saturated rings. The Bertz CT molecular complexity index is 1040. The van der Waals surface area contributed by atoms with Gasteiger partial charge in [0.2, 0.25) is 5.91 Å². The van der Waals surface area contributed by atoms with E-state index in [9.17, 15) is 14.4 Å². The average Bonchev–Trinajstić information content (AvgIpc) is 3.03. The average molecular weight is 386 g/mol. The Morgan fingerprint density at radius 3 is 2.44 bits per heavy atom. The minimum absolute atomic E-state index is 0.114. The summed E-state index contributed by atoms with van der Waals surface area (Å²) in [5.74, 6) is -0.423. The van der Waals surface area contributed by atoms with Crippen LogP contribution >= 0.6 is 11.6 Å². The molecule has 8 nitrogen and oxygen atoms in total. The first kappa shape index (κ1) is 18.5. The molecule has 138 valence electrons. The van der Waals surface area contributed by atoms with Gasteiger partial charge in [-0.25, -0.2) is 4.79 Å². The van der Waals surface area contributed by atoms with Gasteiger partial charge in [-0.1, -0.05) is 30.7 Å². The van der Waals surface area contributed by atoms with Crippen LogP contribution in [0.15, 0.2) is 53.3 Å². The second kappa shape index (κ2) is 7.96. The molecule has 0 aliphatic carbocycles. The molecule has 0 spiro atoms. The first-order valence-electron chi connectivity index (χ1n) is 8.20. The highest BCUT2D eigenvalue weighted by Crippen LogP contribution is 2.17. The molecule has 2 aromatic carbocycles. The summed E-state index contributed by atoms with van der Waals surface area (Å²) in [6.07, 6.45) is 0.366. The van der Waals surface area contributed by atoms with E-state index in [0.29, 0.717) is 28.4 Å². The van der Waals surface area contributed by atoms with Crippen molar-refractivity contribution in [3.05, 3.63) is 69.6 Å². The smallest absolute Gasteiger partial charge is 0.326 e. The highest BCUT2D eigenvalue weighted by molar-refractivity contribution is 6.32. The van der Waals surface area contributed by atoms with Gasteiger partial charge in [-0.3, -0.25) is 9.59 Å². The van der Waals surface area contributed by atoms with Crippen molar-refractivity contribution < 1.29 is 9.59 Å². The maximum Gasteiger partial charge on any atom is 0.368 e. The Kier molecular flexibility index (Phi) is 5.46. The lowest BCUT2D eigenvalue weighted by Crippen LogP contribution is -2.27. The summed E-state index contributed by atoms with van der Waals surface area (Å²) in [5.41, 5.74) is 0.811. The molecule has 0 radical (unpaired) electrons. The number of benzene rings is 2. The Morgan fingerprint density at radius 2 is 1.78 bits per heavy atom. The molecule has 0 aliphatic rings. The number of nitrogens with zero attached hydrogens (tertiary/aromatic N) is 4. The Hall–Kier alpha value is -3.26. The second-order valence-corrected chi connectivity index (χ2v) is 6.09. The van der Waals surface area contributed by atoms with Gasteiger partial charge in [-0.15, -0.1) is 0 Å². The number of carbonyl (C=O) groups is 2. The van der Waals surface area contributed by atoms with Crippen LogP contribution in [0.1, 0.15) is 23.7 Å². The second-order valence-electron chi connectivity index (χ2n) is 5.68. The lowest BCUT2D eigenvalue weighted by atomic mass is 10.1. The van der Waals surface area contributed by atoms with Gasteiger partial charge in [-0.05, 0) is 46.8 Å². The fourth-order valence-corrected chi connectivity index (χ4v) is 2.58. The van der Waals surface area contributed by atoms with E-state index in [0.717, 1.165) is 9.36 Å².